The van der Waals surface area contributed by atoms with Crippen molar-refractivity contribution in [1.29, 1.82) is 0 Å². The maximum absolute atomic E-state index is 5.56. The predicted molar refractivity (Wildman–Crippen MR) is 129 cm³/mol. The topological polar surface area (TPSA) is 190 Å². The molecule has 2 aromatic rings. The van der Waals surface area contributed by atoms with Gasteiger partial charge in [-0.1, -0.05) is 25.6 Å². The van der Waals surface area contributed by atoms with Crippen molar-refractivity contribution in [3.8, 4) is 0 Å². The molecule has 0 aliphatic carbocycles. The van der Waals surface area contributed by atoms with Crippen molar-refractivity contribution in [3.63, 3.8) is 0 Å². The highest BCUT2D eigenvalue weighted by atomic mass is 32.2. The molecule has 0 spiro atoms. The van der Waals surface area contributed by atoms with Crippen LogP contribution in [0.15, 0.2) is 5.16 Å². The molecule has 14 heteroatoms. The molecule has 0 unspecified atom stereocenters. The summed E-state index contributed by atoms with van der Waals surface area (Å²) in [6, 6.07) is 0. The van der Waals surface area contributed by atoms with Crippen molar-refractivity contribution >= 4 is 29.6 Å². The zero-order valence-electron chi connectivity index (χ0n) is 18.8. The van der Waals surface area contributed by atoms with Gasteiger partial charge < -0.3 is 38.1 Å². The molecule has 0 atom stereocenters. The molecule has 2 heterocycles. The molecule has 0 fully saturated rings. The summed E-state index contributed by atoms with van der Waals surface area (Å²) in [5, 5.41) is 16.7. The summed E-state index contributed by atoms with van der Waals surface area (Å²) in [6.45, 7) is 9.54. The van der Waals surface area contributed by atoms with Gasteiger partial charge in [0.15, 0.2) is 5.16 Å². The van der Waals surface area contributed by atoms with Crippen molar-refractivity contribution in [3.05, 3.63) is 11.6 Å². The van der Waals surface area contributed by atoms with Gasteiger partial charge in [0, 0.05) is 39.3 Å². The lowest BCUT2D eigenvalue weighted by molar-refractivity contribution is 0.655. The van der Waals surface area contributed by atoms with Crippen LogP contribution in [0, 0.1) is 0 Å². The second-order valence-corrected chi connectivity index (χ2v) is 7.74. The zero-order valence-corrected chi connectivity index (χ0v) is 19.6. The third-order valence-corrected chi connectivity index (χ3v) is 4.60. The van der Waals surface area contributed by atoms with Gasteiger partial charge in [0.25, 0.3) is 0 Å². The molecule has 0 saturated heterocycles. The first kappa shape index (κ1) is 25.9. The van der Waals surface area contributed by atoms with Gasteiger partial charge in [-0.15, -0.1) is 0 Å². The monoisotopic (exact) mass is 465 g/mol. The Balaban J connectivity index is 1.87. The third kappa shape index (κ3) is 9.82. The number of nitrogens with two attached hydrogens (primary N) is 2. The van der Waals surface area contributed by atoms with E-state index in [9.17, 15) is 0 Å². The molecule has 0 bridgehead atoms. The maximum atomic E-state index is 5.56. The lowest BCUT2D eigenvalue weighted by atomic mass is 10.5. The lowest BCUT2D eigenvalue weighted by Gasteiger charge is -2.11. The minimum Gasteiger partial charge on any atom is -0.353 e. The molecular formula is C18H35N13S. The Morgan fingerprint density at radius 2 is 1.22 bits per heavy atom. The predicted octanol–water partition coefficient (Wildman–Crippen LogP) is -0.779. The van der Waals surface area contributed by atoms with Crippen LogP contribution in [-0.4, -0.2) is 81.5 Å². The van der Waals surface area contributed by atoms with Gasteiger partial charge in [-0.2, -0.15) is 24.9 Å². The van der Waals surface area contributed by atoms with Gasteiger partial charge in [0.1, 0.15) is 11.6 Å². The van der Waals surface area contributed by atoms with Gasteiger partial charge in [-0.05, 0) is 12.3 Å². The van der Waals surface area contributed by atoms with Crippen LogP contribution >= 0.6 is 11.8 Å². The first-order valence-electron chi connectivity index (χ1n) is 10.8. The second kappa shape index (κ2) is 15.4. The molecule has 2 aromatic heterocycles. The molecule has 0 aliphatic rings. The van der Waals surface area contributed by atoms with Crippen LogP contribution in [0.5, 0.6) is 0 Å². The van der Waals surface area contributed by atoms with Gasteiger partial charge in [0.2, 0.25) is 17.8 Å². The molecule has 0 amide bonds. The fourth-order valence-electron chi connectivity index (χ4n) is 2.47. The third-order valence-electron chi connectivity index (χ3n) is 3.87. The van der Waals surface area contributed by atoms with E-state index in [2.05, 4.69) is 63.4 Å². The van der Waals surface area contributed by atoms with Crippen LogP contribution < -0.4 is 38.1 Å². The van der Waals surface area contributed by atoms with E-state index in [4.69, 9.17) is 11.5 Å². The summed E-state index contributed by atoms with van der Waals surface area (Å²) in [5.41, 5.74) is 11.1. The molecule has 0 saturated carbocycles. The Labute approximate surface area is 193 Å². The van der Waals surface area contributed by atoms with Crippen molar-refractivity contribution in [2.75, 3.05) is 67.5 Å². The van der Waals surface area contributed by atoms with Crippen LogP contribution in [0.1, 0.15) is 25.5 Å². The number of anilines is 3. The van der Waals surface area contributed by atoms with Crippen molar-refractivity contribution in [1.82, 2.24) is 40.5 Å². The second-order valence-electron chi connectivity index (χ2n) is 6.50. The average Bonchev–Trinajstić information content (AvgIpc) is 2.80. The highest BCUT2D eigenvalue weighted by Crippen LogP contribution is 2.14. The maximum Gasteiger partial charge on any atom is 0.227 e. The Morgan fingerprint density at radius 1 is 0.656 bits per heavy atom. The molecule has 0 radical (unpaired) electrons. The molecule has 0 aromatic carbocycles. The highest BCUT2D eigenvalue weighted by Gasteiger charge is 2.08. The smallest absolute Gasteiger partial charge is 0.227 e. The summed E-state index contributed by atoms with van der Waals surface area (Å²) in [5.74, 6) is 3.81. The van der Waals surface area contributed by atoms with Gasteiger partial charge in [-0.25, -0.2) is 4.98 Å². The van der Waals surface area contributed by atoms with Crippen molar-refractivity contribution in [2.24, 2.45) is 11.5 Å². The number of aromatic nitrogens is 6. The summed E-state index contributed by atoms with van der Waals surface area (Å²) in [7, 11) is 0. The molecule has 2 rings (SSSR count). The Bertz CT molecular complexity index is 765. The number of nitrogens with zero attached hydrogens (tertiary/aromatic N) is 6. The van der Waals surface area contributed by atoms with E-state index in [-0.39, 0.29) is 0 Å². The highest BCUT2D eigenvalue weighted by molar-refractivity contribution is 7.99. The molecule has 13 nitrogen and oxygen atoms in total. The van der Waals surface area contributed by atoms with Crippen LogP contribution in [0.25, 0.3) is 0 Å². The largest absolute Gasteiger partial charge is 0.353 e. The SMILES string of the molecule is CCNCc1nc(NCCN)nc(NCCNCc2nc(NCCN)nc(SCC)n2)n1. The minimum atomic E-state index is 0.500. The Kier molecular flexibility index (Phi) is 12.5. The number of hydrogen-bond acceptors (Lipinski definition) is 14. The number of hydrogen-bond donors (Lipinski definition) is 7. The minimum absolute atomic E-state index is 0.500. The number of nitrogens with one attached hydrogen (secondary N) is 5. The fourth-order valence-corrected chi connectivity index (χ4v) is 3.05. The van der Waals surface area contributed by atoms with E-state index in [1.54, 1.807) is 11.8 Å². The van der Waals surface area contributed by atoms with E-state index < -0.39 is 0 Å². The van der Waals surface area contributed by atoms with Crippen LogP contribution in [0.4, 0.5) is 17.8 Å². The molecular weight excluding hydrogens is 430 g/mol. The first-order valence-corrected chi connectivity index (χ1v) is 11.8. The summed E-state index contributed by atoms with van der Waals surface area (Å²) in [4.78, 5) is 26.6. The van der Waals surface area contributed by atoms with Gasteiger partial charge in [-0.3, -0.25) is 0 Å². The lowest BCUT2D eigenvalue weighted by Crippen LogP contribution is -2.25. The van der Waals surface area contributed by atoms with Crippen molar-refractivity contribution < 1.29 is 0 Å². The normalized spacial score (nSPS) is 10.9. The van der Waals surface area contributed by atoms with Crippen molar-refractivity contribution in [2.45, 2.75) is 32.1 Å². The Morgan fingerprint density at radius 3 is 1.81 bits per heavy atom. The standard InChI is InChI=1S/C18H35N13S/c1-3-21-11-13-26-15(23-7-5-19)30-16(27-13)25-10-9-22-12-14-28-17(24-8-6-20)31-18(29-14)32-4-2/h21-22H,3-12,19-20H2,1-2H3,(H,24,28,29,31)(H2,23,25,26,27,30). The first-order chi connectivity index (χ1) is 15.7. The van der Waals surface area contributed by atoms with Crippen LogP contribution in [0.2, 0.25) is 0 Å². The van der Waals surface area contributed by atoms with E-state index in [0.717, 1.165) is 12.3 Å². The zero-order chi connectivity index (χ0) is 23.0. The quantitative estimate of drug-likeness (QED) is 0.114. The molecule has 178 valence electrons. The van der Waals surface area contributed by atoms with E-state index in [0.29, 0.717) is 87.0 Å². The molecule has 32 heavy (non-hydrogen) atoms. The summed E-state index contributed by atoms with van der Waals surface area (Å²) >= 11 is 1.58. The molecule has 9 N–H and O–H groups in total. The number of thioether (sulfide) groups is 1. The van der Waals surface area contributed by atoms with Crippen LogP contribution in [-0.2, 0) is 13.1 Å². The number of rotatable bonds is 17. The average molecular weight is 466 g/mol. The fraction of sp³-hybridized carbons (Fsp3) is 0.667. The summed E-state index contributed by atoms with van der Waals surface area (Å²) < 4.78 is 0. The van der Waals surface area contributed by atoms with E-state index >= 15 is 0 Å². The van der Waals surface area contributed by atoms with Gasteiger partial charge >= 0.3 is 0 Å². The van der Waals surface area contributed by atoms with E-state index in [1.807, 2.05) is 6.92 Å². The van der Waals surface area contributed by atoms with Crippen LogP contribution in [0.3, 0.4) is 0 Å². The summed E-state index contributed by atoms with van der Waals surface area (Å²) in [6.07, 6.45) is 0. The molecule has 0 aliphatic heterocycles. The van der Waals surface area contributed by atoms with Gasteiger partial charge in [0.05, 0.1) is 13.1 Å². The Hall–Kier alpha value is -2.39. The van der Waals surface area contributed by atoms with E-state index in [1.165, 1.54) is 0 Å².